The zero-order valence-corrected chi connectivity index (χ0v) is 17.1. The second-order valence-electron chi connectivity index (χ2n) is 7.26. The quantitative estimate of drug-likeness (QED) is 0.731. The highest BCUT2D eigenvalue weighted by Gasteiger charge is 2.39. The van der Waals surface area contributed by atoms with E-state index in [0.717, 1.165) is 6.07 Å². The van der Waals surface area contributed by atoms with Crippen LogP contribution in [-0.4, -0.2) is 72.7 Å². The molecule has 2 fully saturated rings. The van der Waals surface area contributed by atoms with E-state index in [1.807, 2.05) is 4.90 Å². The lowest BCUT2D eigenvalue weighted by atomic mass is 9.99. The summed E-state index contributed by atoms with van der Waals surface area (Å²) in [6.45, 7) is 4.67. The van der Waals surface area contributed by atoms with Crippen LogP contribution < -0.4 is 4.90 Å². The van der Waals surface area contributed by atoms with Gasteiger partial charge in [0.2, 0.25) is 5.91 Å². The van der Waals surface area contributed by atoms with Gasteiger partial charge in [0, 0.05) is 39.3 Å². The molecule has 7 nitrogen and oxygen atoms in total. The standard InChI is InChI=1S/C19H21F3N4O3S/c1-2-29-18(28)25-8-6-24(7-9-25)16(27)12-10-26(11-12)17-23-15-13(19(20,21)22)4-3-5-14(15)30-17/h3-5,12H,2,6-11H2,1H3. The predicted octanol–water partition coefficient (Wildman–Crippen LogP) is 3.05. The van der Waals surface area contributed by atoms with Crippen molar-refractivity contribution in [3.05, 3.63) is 23.8 Å². The summed E-state index contributed by atoms with van der Waals surface area (Å²) in [5, 5.41) is 0.498. The summed E-state index contributed by atoms with van der Waals surface area (Å²) in [6, 6.07) is 4.03. The van der Waals surface area contributed by atoms with Gasteiger partial charge in [-0.3, -0.25) is 4.79 Å². The number of alkyl halides is 3. The molecule has 0 N–H and O–H groups in total. The molecule has 11 heteroatoms. The molecule has 4 rings (SSSR count). The van der Waals surface area contributed by atoms with Gasteiger partial charge in [-0.2, -0.15) is 13.2 Å². The first-order valence-corrected chi connectivity index (χ1v) is 10.5. The molecule has 2 aromatic rings. The fourth-order valence-corrected chi connectivity index (χ4v) is 4.68. The van der Waals surface area contributed by atoms with Crippen LogP contribution >= 0.6 is 11.3 Å². The van der Waals surface area contributed by atoms with Crippen molar-refractivity contribution in [2.24, 2.45) is 5.92 Å². The number of amides is 2. The van der Waals surface area contributed by atoms with Gasteiger partial charge in [-0.15, -0.1) is 0 Å². The molecule has 0 saturated carbocycles. The molecule has 0 radical (unpaired) electrons. The van der Waals surface area contributed by atoms with E-state index in [1.54, 1.807) is 22.8 Å². The minimum absolute atomic E-state index is 0.00634. The van der Waals surface area contributed by atoms with E-state index in [4.69, 9.17) is 4.74 Å². The second kappa shape index (κ2) is 7.93. The Morgan fingerprint density at radius 3 is 2.47 bits per heavy atom. The van der Waals surface area contributed by atoms with Crippen molar-refractivity contribution in [1.82, 2.24) is 14.8 Å². The number of carbonyl (C=O) groups is 2. The van der Waals surface area contributed by atoms with Gasteiger partial charge >= 0.3 is 12.3 Å². The van der Waals surface area contributed by atoms with Crippen molar-refractivity contribution in [1.29, 1.82) is 0 Å². The number of benzene rings is 1. The van der Waals surface area contributed by atoms with Crippen molar-refractivity contribution >= 4 is 38.7 Å². The highest BCUT2D eigenvalue weighted by molar-refractivity contribution is 7.22. The second-order valence-corrected chi connectivity index (χ2v) is 8.27. The van der Waals surface area contributed by atoms with E-state index in [9.17, 15) is 22.8 Å². The Kier molecular flexibility index (Phi) is 5.48. The van der Waals surface area contributed by atoms with Crippen molar-refractivity contribution in [2.45, 2.75) is 13.1 Å². The summed E-state index contributed by atoms with van der Waals surface area (Å²) in [6.07, 6.45) is -4.82. The Morgan fingerprint density at radius 1 is 1.17 bits per heavy atom. The van der Waals surface area contributed by atoms with E-state index < -0.39 is 11.7 Å². The maximum absolute atomic E-state index is 13.2. The predicted molar refractivity (Wildman–Crippen MR) is 106 cm³/mol. The maximum Gasteiger partial charge on any atom is 0.418 e. The van der Waals surface area contributed by atoms with E-state index in [0.29, 0.717) is 55.7 Å². The largest absolute Gasteiger partial charge is 0.450 e. The topological polar surface area (TPSA) is 66.0 Å². The fraction of sp³-hybridized carbons (Fsp3) is 0.526. The summed E-state index contributed by atoms with van der Waals surface area (Å²) < 4.78 is 45.0. The van der Waals surface area contributed by atoms with Crippen molar-refractivity contribution in [3.8, 4) is 0 Å². The van der Waals surface area contributed by atoms with Gasteiger partial charge in [-0.25, -0.2) is 9.78 Å². The van der Waals surface area contributed by atoms with Crippen LogP contribution in [-0.2, 0) is 15.7 Å². The van der Waals surface area contributed by atoms with Crippen LogP contribution in [0.3, 0.4) is 0 Å². The first kappa shape index (κ1) is 20.7. The minimum atomic E-state index is -4.45. The normalized spacial score (nSPS) is 17.9. The lowest BCUT2D eigenvalue weighted by molar-refractivity contribution is -0.138. The molecular formula is C19H21F3N4O3S. The lowest BCUT2D eigenvalue weighted by Crippen LogP contribution is -2.58. The van der Waals surface area contributed by atoms with Crippen molar-refractivity contribution < 1.29 is 27.5 Å². The van der Waals surface area contributed by atoms with E-state index in [-0.39, 0.29) is 23.4 Å². The molecule has 3 heterocycles. The zero-order chi connectivity index (χ0) is 21.5. The number of fused-ring (bicyclic) bond motifs is 1. The number of aromatic nitrogens is 1. The van der Waals surface area contributed by atoms with Crippen LogP contribution in [0.5, 0.6) is 0 Å². The number of anilines is 1. The first-order chi connectivity index (χ1) is 14.3. The van der Waals surface area contributed by atoms with Gasteiger partial charge in [-0.1, -0.05) is 17.4 Å². The summed E-state index contributed by atoms with van der Waals surface area (Å²) in [5.74, 6) is -0.208. The van der Waals surface area contributed by atoms with Crippen LogP contribution in [0.4, 0.5) is 23.1 Å². The third kappa shape index (κ3) is 3.90. The number of thiazole rings is 1. The number of nitrogens with zero attached hydrogens (tertiary/aromatic N) is 4. The number of hydrogen-bond donors (Lipinski definition) is 0. The SMILES string of the molecule is CCOC(=O)N1CCN(C(=O)C2CN(c3nc4c(C(F)(F)F)cccc4s3)C2)CC1. The van der Waals surface area contributed by atoms with Gasteiger partial charge < -0.3 is 19.4 Å². The highest BCUT2D eigenvalue weighted by atomic mass is 32.1. The average molecular weight is 442 g/mol. The zero-order valence-electron chi connectivity index (χ0n) is 16.3. The molecule has 2 amide bonds. The molecule has 0 atom stereocenters. The van der Waals surface area contributed by atoms with Crippen molar-refractivity contribution in [2.75, 3.05) is 50.8 Å². The van der Waals surface area contributed by atoms with Crippen LogP contribution in [0.2, 0.25) is 0 Å². The van der Waals surface area contributed by atoms with Crippen LogP contribution in [0.15, 0.2) is 18.2 Å². The summed E-state index contributed by atoms with van der Waals surface area (Å²) >= 11 is 1.20. The van der Waals surface area contributed by atoms with Gasteiger partial charge in [0.1, 0.15) is 0 Å². The van der Waals surface area contributed by atoms with Crippen LogP contribution in [0.1, 0.15) is 12.5 Å². The molecule has 30 heavy (non-hydrogen) atoms. The smallest absolute Gasteiger partial charge is 0.418 e. The molecule has 162 valence electrons. The third-order valence-electron chi connectivity index (χ3n) is 5.33. The summed E-state index contributed by atoms with van der Waals surface area (Å²) in [5.41, 5.74) is -0.787. The molecule has 0 unspecified atom stereocenters. The number of para-hydroxylation sites is 1. The number of halogens is 3. The number of rotatable bonds is 3. The first-order valence-electron chi connectivity index (χ1n) is 9.70. The van der Waals surface area contributed by atoms with Gasteiger partial charge in [-0.05, 0) is 19.1 Å². The van der Waals surface area contributed by atoms with Gasteiger partial charge in [0.25, 0.3) is 0 Å². The average Bonchev–Trinajstić information content (AvgIpc) is 3.09. The number of carbonyl (C=O) groups excluding carboxylic acids is 2. The molecule has 0 bridgehead atoms. The fourth-order valence-electron chi connectivity index (χ4n) is 3.67. The van der Waals surface area contributed by atoms with Crippen LogP contribution in [0, 0.1) is 5.92 Å². The minimum Gasteiger partial charge on any atom is -0.450 e. The van der Waals surface area contributed by atoms with Crippen molar-refractivity contribution in [3.63, 3.8) is 0 Å². The van der Waals surface area contributed by atoms with Gasteiger partial charge in [0.05, 0.1) is 28.3 Å². The Balaban J connectivity index is 1.35. The molecule has 0 spiro atoms. The van der Waals surface area contributed by atoms with E-state index >= 15 is 0 Å². The highest BCUT2D eigenvalue weighted by Crippen LogP contribution is 2.39. The van der Waals surface area contributed by atoms with Crippen LogP contribution in [0.25, 0.3) is 10.2 Å². The molecule has 1 aromatic heterocycles. The monoisotopic (exact) mass is 442 g/mol. The molecular weight excluding hydrogens is 421 g/mol. The Morgan fingerprint density at radius 2 is 1.83 bits per heavy atom. The van der Waals surface area contributed by atoms with Gasteiger partial charge in [0.15, 0.2) is 5.13 Å². The van der Waals surface area contributed by atoms with E-state index in [2.05, 4.69) is 4.98 Å². The summed E-state index contributed by atoms with van der Waals surface area (Å²) in [7, 11) is 0. The number of piperazine rings is 1. The maximum atomic E-state index is 13.2. The molecule has 2 aliphatic heterocycles. The molecule has 2 aliphatic rings. The Bertz CT molecular complexity index is 950. The molecule has 2 saturated heterocycles. The third-order valence-corrected chi connectivity index (χ3v) is 6.41. The number of hydrogen-bond acceptors (Lipinski definition) is 6. The summed E-state index contributed by atoms with van der Waals surface area (Å²) in [4.78, 5) is 33.8. The lowest BCUT2D eigenvalue weighted by Gasteiger charge is -2.42. The molecule has 0 aliphatic carbocycles. The number of ether oxygens (including phenoxy) is 1. The Hall–Kier alpha value is -2.56. The Labute approximate surface area is 175 Å². The van der Waals surface area contributed by atoms with E-state index in [1.165, 1.54) is 17.4 Å². The molecule has 1 aromatic carbocycles.